The lowest BCUT2D eigenvalue weighted by Gasteiger charge is -2.05. The smallest absolute Gasteiger partial charge is 0.175 e. The van der Waals surface area contributed by atoms with Crippen LogP contribution in [0, 0.1) is 5.82 Å². The fourth-order valence-corrected chi connectivity index (χ4v) is 3.68. The van der Waals surface area contributed by atoms with E-state index >= 15 is 0 Å². The molecule has 0 bridgehead atoms. The first-order chi connectivity index (χ1) is 10.1. The van der Waals surface area contributed by atoms with E-state index in [1.165, 1.54) is 35.4 Å². The van der Waals surface area contributed by atoms with Crippen molar-refractivity contribution in [3.05, 3.63) is 65.0 Å². The Labute approximate surface area is 125 Å². The van der Waals surface area contributed by atoms with Crippen LogP contribution in [0.5, 0.6) is 0 Å². The van der Waals surface area contributed by atoms with Crippen molar-refractivity contribution < 1.29 is 13.4 Å². The van der Waals surface area contributed by atoms with Gasteiger partial charge in [0.15, 0.2) is 5.78 Å². The molecule has 0 aromatic heterocycles. The molecular formula is C17H15FO2S. The number of hydrogen-bond acceptors (Lipinski definition) is 2. The monoisotopic (exact) mass is 302 g/mol. The summed E-state index contributed by atoms with van der Waals surface area (Å²) < 4.78 is 25.1. The van der Waals surface area contributed by atoms with Crippen molar-refractivity contribution in [2.45, 2.75) is 24.2 Å². The average molecular weight is 302 g/mol. The largest absolute Gasteiger partial charge is 0.293 e. The second kappa shape index (κ2) is 5.90. The van der Waals surface area contributed by atoms with Crippen LogP contribution in [-0.2, 0) is 23.6 Å². The van der Waals surface area contributed by atoms with Crippen molar-refractivity contribution >= 4 is 16.6 Å². The van der Waals surface area contributed by atoms with Crippen molar-refractivity contribution in [2.24, 2.45) is 0 Å². The van der Waals surface area contributed by atoms with Crippen molar-refractivity contribution in [3.63, 3.8) is 0 Å². The van der Waals surface area contributed by atoms with Gasteiger partial charge in [-0.3, -0.25) is 9.00 Å². The van der Waals surface area contributed by atoms with Crippen molar-refractivity contribution in [1.29, 1.82) is 0 Å². The standard InChI is InChI=1S/C17H15FO2S/c18-15-7-4-13(5-8-15)17(19)11-21(20)16-9-6-12-2-1-3-14(12)10-16/h4-10H,1-3,11H2. The third-order valence-corrected chi connectivity index (χ3v) is 5.07. The van der Waals surface area contributed by atoms with Gasteiger partial charge >= 0.3 is 0 Å². The second-order valence-electron chi connectivity index (χ2n) is 5.20. The number of hydrogen-bond donors (Lipinski definition) is 0. The van der Waals surface area contributed by atoms with Crippen molar-refractivity contribution in [1.82, 2.24) is 0 Å². The third kappa shape index (κ3) is 3.10. The van der Waals surface area contributed by atoms with Crippen LogP contribution >= 0.6 is 0 Å². The number of Topliss-reactive ketones (excluding diaryl/α,β-unsaturated/α-hetero) is 1. The first kappa shape index (κ1) is 14.1. The summed E-state index contributed by atoms with van der Waals surface area (Å²) in [6.45, 7) is 0. The molecule has 1 unspecified atom stereocenters. The summed E-state index contributed by atoms with van der Waals surface area (Å²) in [7, 11) is -1.36. The van der Waals surface area contributed by atoms with Gasteiger partial charge in [0.1, 0.15) is 5.82 Å². The molecule has 0 heterocycles. The molecule has 1 atom stereocenters. The summed E-state index contributed by atoms with van der Waals surface area (Å²) >= 11 is 0. The summed E-state index contributed by atoms with van der Waals surface area (Å²) in [5.74, 6) is -0.676. The van der Waals surface area contributed by atoms with Crippen LogP contribution in [0.1, 0.15) is 27.9 Å². The van der Waals surface area contributed by atoms with Crippen LogP contribution in [-0.4, -0.2) is 15.7 Å². The summed E-state index contributed by atoms with van der Waals surface area (Å²) in [5, 5.41) is 0. The van der Waals surface area contributed by atoms with Gasteiger partial charge in [0, 0.05) is 10.5 Å². The first-order valence-corrected chi connectivity index (χ1v) is 8.24. The molecule has 4 heteroatoms. The van der Waals surface area contributed by atoms with E-state index in [1.807, 2.05) is 18.2 Å². The predicted octanol–water partition coefficient (Wildman–Crippen LogP) is 3.30. The van der Waals surface area contributed by atoms with Gasteiger partial charge in [0.25, 0.3) is 0 Å². The van der Waals surface area contributed by atoms with E-state index in [0.717, 1.165) is 19.3 Å². The normalized spacial score (nSPS) is 14.7. The Kier molecular flexibility index (Phi) is 3.97. The maximum atomic E-state index is 12.8. The summed E-state index contributed by atoms with van der Waals surface area (Å²) in [4.78, 5) is 12.8. The Morgan fingerprint density at radius 1 is 1.05 bits per heavy atom. The Hall–Kier alpha value is -1.81. The number of carbonyl (C=O) groups is 1. The van der Waals surface area contributed by atoms with Gasteiger partial charge in [-0.25, -0.2) is 4.39 Å². The SMILES string of the molecule is O=C(CS(=O)c1ccc2c(c1)CCC2)c1ccc(F)cc1. The minimum Gasteiger partial charge on any atom is -0.293 e. The summed E-state index contributed by atoms with van der Waals surface area (Å²) in [6, 6.07) is 11.2. The first-order valence-electron chi connectivity index (χ1n) is 6.92. The minimum absolute atomic E-state index is 0.0651. The summed E-state index contributed by atoms with van der Waals surface area (Å²) in [5.41, 5.74) is 2.96. The molecular weight excluding hydrogens is 287 g/mol. The highest BCUT2D eigenvalue weighted by Gasteiger charge is 2.16. The zero-order chi connectivity index (χ0) is 14.8. The van der Waals surface area contributed by atoms with Gasteiger partial charge < -0.3 is 0 Å². The van der Waals surface area contributed by atoms with Crippen molar-refractivity contribution in [3.8, 4) is 0 Å². The molecule has 108 valence electrons. The highest BCUT2D eigenvalue weighted by molar-refractivity contribution is 7.85. The third-order valence-electron chi connectivity index (χ3n) is 3.76. The molecule has 21 heavy (non-hydrogen) atoms. The molecule has 0 fully saturated rings. The average Bonchev–Trinajstić information content (AvgIpc) is 2.95. The molecule has 0 aliphatic heterocycles. The molecule has 0 N–H and O–H groups in total. The lowest BCUT2D eigenvalue weighted by molar-refractivity contribution is 0.102. The van der Waals surface area contributed by atoms with E-state index in [0.29, 0.717) is 10.5 Å². The van der Waals surface area contributed by atoms with Crippen LogP contribution in [0.2, 0.25) is 0 Å². The number of ketones is 1. The van der Waals surface area contributed by atoms with Crippen LogP contribution in [0.15, 0.2) is 47.4 Å². The highest BCUT2D eigenvalue weighted by atomic mass is 32.2. The Morgan fingerprint density at radius 3 is 2.52 bits per heavy atom. The number of fused-ring (bicyclic) bond motifs is 1. The highest BCUT2D eigenvalue weighted by Crippen LogP contribution is 2.24. The lowest BCUT2D eigenvalue weighted by atomic mass is 10.1. The van der Waals surface area contributed by atoms with Crippen LogP contribution < -0.4 is 0 Å². The summed E-state index contributed by atoms with van der Waals surface area (Å²) in [6.07, 6.45) is 3.24. The molecule has 0 radical (unpaired) electrons. The van der Waals surface area contributed by atoms with Gasteiger partial charge in [0.05, 0.1) is 16.6 Å². The predicted molar refractivity (Wildman–Crippen MR) is 80.5 cm³/mol. The Bertz CT molecular complexity index is 707. The zero-order valence-corrected chi connectivity index (χ0v) is 12.3. The van der Waals surface area contributed by atoms with Crippen molar-refractivity contribution in [2.75, 3.05) is 5.75 Å². The van der Waals surface area contributed by atoms with E-state index in [2.05, 4.69) is 0 Å². The Balaban J connectivity index is 1.74. The number of benzene rings is 2. The minimum atomic E-state index is -1.36. The van der Waals surface area contributed by atoms with E-state index in [-0.39, 0.29) is 17.4 Å². The molecule has 2 aromatic rings. The number of carbonyl (C=O) groups excluding carboxylic acids is 1. The molecule has 0 saturated heterocycles. The van der Waals surface area contributed by atoms with E-state index in [4.69, 9.17) is 0 Å². The van der Waals surface area contributed by atoms with Gasteiger partial charge in [-0.2, -0.15) is 0 Å². The number of halogens is 1. The maximum absolute atomic E-state index is 12.8. The van der Waals surface area contributed by atoms with E-state index in [1.54, 1.807) is 0 Å². The van der Waals surface area contributed by atoms with Gasteiger partial charge in [-0.1, -0.05) is 6.07 Å². The second-order valence-corrected chi connectivity index (χ2v) is 6.66. The molecule has 1 aliphatic rings. The van der Waals surface area contributed by atoms with Crippen LogP contribution in [0.3, 0.4) is 0 Å². The Morgan fingerprint density at radius 2 is 1.76 bits per heavy atom. The fourth-order valence-electron chi connectivity index (χ4n) is 2.61. The van der Waals surface area contributed by atoms with E-state index < -0.39 is 10.8 Å². The van der Waals surface area contributed by atoms with Crippen LogP contribution in [0.25, 0.3) is 0 Å². The van der Waals surface area contributed by atoms with Crippen LogP contribution in [0.4, 0.5) is 4.39 Å². The molecule has 3 rings (SSSR count). The lowest BCUT2D eigenvalue weighted by Crippen LogP contribution is -2.11. The number of aryl methyl sites for hydroxylation is 2. The molecule has 0 spiro atoms. The van der Waals surface area contributed by atoms with Gasteiger partial charge in [-0.05, 0) is 66.8 Å². The maximum Gasteiger partial charge on any atom is 0.175 e. The molecule has 0 saturated carbocycles. The quantitative estimate of drug-likeness (QED) is 0.812. The van der Waals surface area contributed by atoms with Gasteiger partial charge in [0.2, 0.25) is 0 Å². The fraction of sp³-hybridized carbons (Fsp3) is 0.235. The van der Waals surface area contributed by atoms with Gasteiger partial charge in [-0.15, -0.1) is 0 Å². The molecule has 0 amide bonds. The molecule has 2 aromatic carbocycles. The zero-order valence-electron chi connectivity index (χ0n) is 11.5. The molecule has 1 aliphatic carbocycles. The van der Waals surface area contributed by atoms with E-state index in [9.17, 15) is 13.4 Å². The number of rotatable bonds is 4. The molecule has 2 nitrogen and oxygen atoms in total. The topological polar surface area (TPSA) is 34.1 Å².